The van der Waals surface area contributed by atoms with Gasteiger partial charge in [0.15, 0.2) is 0 Å². The smallest absolute Gasteiger partial charge is 0.0795 e. The minimum Gasteiger partial charge on any atom is -0.308 e. The summed E-state index contributed by atoms with van der Waals surface area (Å²) in [4.78, 5) is 5.76. The van der Waals surface area contributed by atoms with Crippen LogP contribution in [0.1, 0.15) is 37.4 Å². The Bertz CT molecular complexity index is 432. The number of rotatable bonds is 5. The summed E-state index contributed by atoms with van der Waals surface area (Å²) in [5.74, 6) is 0. The molecule has 2 aromatic heterocycles. The minimum absolute atomic E-state index is 0.179. The van der Waals surface area contributed by atoms with E-state index in [1.807, 2.05) is 16.8 Å². The lowest BCUT2D eigenvalue weighted by atomic mass is 9.91. The van der Waals surface area contributed by atoms with E-state index in [2.05, 4.69) is 54.0 Å². The number of nitrogens with zero attached hydrogens (tertiary/aromatic N) is 1. The summed E-state index contributed by atoms with van der Waals surface area (Å²) in [5.41, 5.74) is 3.20. The Morgan fingerprint density at radius 1 is 1.47 bits per heavy atom. The van der Waals surface area contributed by atoms with E-state index < -0.39 is 0 Å². The van der Waals surface area contributed by atoms with Crippen molar-refractivity contribution in [2.24, 2.45) is 0 Å². The lowest BCUT2D eigenvalue weighted by Crippen LogP contribution is -2.33. The van der Waals surface area contributed by atoms with Gasteiger partial charge in [-0.1, -0.05) is 19.9 Å². The summed E-state index contributed by atoms with van der Waals surface area (Å²) < 4.78 is 0. The number of nitrogens with one attached hydrogen (secondary N) is 1. The molecule has 2 rings (SSSR count). The molecule has 0 saturated heterocycles. The molecule has 17 heavy (non-hydrogen) atoms. The molecule has 2 aromatic rings. The van der Waals surface area contributed by atoms with Crippen molar-refractivity contribution in [1.82, 2.24) is 10.3 Å². The summed E-state index contributed by atoms with van der Waals surface area (Å²) in [7, 11) is 0. The van der Waals surface area contributed by atoms with Crippen LogP contribution in [0.2, 0.25) is 0 Å². The first-order chi connectivity index (χ1) is 8.09. The molecule has 0 amide bonds. The SMILES string of the molecule is CC(NCC(C)(C)c1cccs1)c1cscn1. The lowest BCUT2D eigenvalue weighted by Gasteiger charge is -2.25. The zero-order chi connectivity index (χ0) is 12.3. The van der Waals surface area contributed by atoms with Crippen LogP contribution in [-0.2, 0) is 5.41 Å². The quantitative estimate of drug-likeness (QED) is 0.889. The molecule has 0 radical (unpaired) electrons. The molecule has 1 unspecified atom stereocenters. The van der Waals surface area contributed by atoms with Gasteiger partial charge in [0.25, 0.3) is 0 Å². The van der Waals surface area contributed by atoms with Crippen LogP contribution in [-0.4, -0.2) is 11.5 Å². The third-order valence-electron chi connectivity index (χ3n) is 2.93. The van der Waals surface area contributed by atoms with E-state index in [1.54, 1.807) is 11.3 Å². The van der Waals surface area contributed by atoms with Gasteiger partial charge in [0.2, 0.25) is 0 Å². The van der Waals surface area contributed by atoms with Crippen LogP contribution in [0.4, 0.5) is 0 Å². The minimum atomic E-state index is 0.179. The Labute approximate surface area is 111 Å². The van der Waals surface area contributed by atoms with Crippen LogP contribution >= 0.6 is 22.7 Å². The van der Waals surface area contributed by atoms with Crippen LogP contribution in [0, 0.1) is 0 Å². The maximum absolute atomic E-state index is 4.34. The van der Waals surface area contributed by atoms with E-state index in [9.17, 15) is 0 Å². The standard InChI is InChI=1S/C13H18N2S2/c1-10(11-7-16-9-15-11)14-8-13(2,3)12-5-4-6-17-12/h4-7,9-10,14H,8H2,1-3H3. The third kappa shape index (κ3) is 3.15. The van der Waals surface area contributed by atoms with Gasteiger partial charge in [0.1, 0.15) is 0 Å². The van der Waals surface area contributed by atoms with Crippen molar-refractivity contribution < 1.29 is 0 Å². The highest BCUT2D eigenvalue weighted by Crippen LogP contribution is 2.27. The van der Waals surface area contributed by atoms with E-state index in [0.29, 0.717) is 6.04 Å². The summed E-state index contributed by atoms with van der Waals surface area (Å²) in [5, 5.41) is 7.81. The van der Waals surface area contributed by atoms with Crippen molar-refractivity contribution in [3.63, 3.8) is 0 Å². The predicted octanol–water partition coefficient (Wildman–Crippen LogP) is 3.83. The molecule has 4 heteroatoms. The summed E-state index contributed by atoms with van der Waals surface area (Å²) >= 11 is 3.48. The highest BCUT2D eigenvalue weighted by molar-refractivity contribution is 7.10. The van der Waals surface area contributed by atoms with Gasteiger partial charge in [-0.05, 0) is 18.4 Å². The molecule has 1 atom stereocenters. The highest BCUT2D eigenvalue weighted by Gasteiger charge is 2.22. The molecule has 0 aromatic carbocycles. The molecule has 0 aliphatic rings. The fraction of sp³-hybridized carbons (Fsp3) is 0.462. The van der Waals surface area contributed by atoms with Gasteiger partial charge in [-0.3, -0.25) is 0 Å². The second-order valence-electron chi connectivity index (χ2n) is 4.88. The van der Waals surface area contributed by atoms with Gasteiger partial charge in [0, 0.05) is 28.3 Å². The summed E-state index contributed by atoms with van der Waals surface area (Å²) in [6.07, 6.45) is 0. The lowest BCUT2D eigenvalue weighted by molar-refractivity contribution is 0.438. The molecular formula is C13H18N2S2. The van der Waals surface area contributed by atoms with Crippen LogP contribution in [0.3, 0.4) is 0 Å². The number of hydrogen-bond donors (Lipinski definition) is 1. The van der Waals surface area contributed by atoms with E-state index in [4.69, 9.17) is 0 Å². The number of thiazole rings is 1. The Hall–Kier alpha value is -0.710. The van der Waals surface area contributed by atoms with Crippen LogP contribution in [0.25, 0.3) is 0 Å². The molecular weight excluding hydrogens is 248 g/mol. The van der Waals surface area contributed by atoms with Crippen molar-refractivity contribution in [3.05, 3.63) is 39.0 Å². The predicted molar refractivity (Wildman–Crippen MR) is 75.9 cm³/mol. The van der Waals surface area contributed by atoms with Gasteiger partial charge < -0.3 is 5.32 Å². The van der Waals surface area contributed by atoms with Gasteiger partial charge in [0.05, 0.1) is 11.2 Å². The summed E-state index contributed by atoms with van der Waals surface area (Å²) in [6.45, 7) is 7.69. The van der Waals surface area contributed by atoms with E-state index >= 15 is 0 Å². The number of aromatic nitrogens is 1. The topological polar surface area (TPSA) is 24.9 Å². The van der Waals surface area contributed by atoms with Crippen LogP contribution in [0.5, 0.6) is 0 Å². The van der Waals surface area contributed by atoms with Gasteiger partial charge >= 0.3 is 0 Å². The van der Waals surface area contributed by atoms with Gasteiger partial charge in [-0.2, -0.15) is 0 Å². The molecule has 2 nitrogen and oxygen atoms in total. The zero-order valence-corrected chi connectivity index (χ0v) is 12.1. The molecule has 2 heterocycles. The Kier molecular flexibility index (Phi) is 3.97. The van der Waals surface area contributed by atoms with Crippen molar-refractivity contribution in [1.29, 1.82) is 0 Å². The largest absolute Gasteiger partial charge is 0.308 e. The number of thiophene rings is 1. The van der Waals surface area contributed by atoms with E-state index in [0.717, 1.165) is 12.2 Å². The molecule has 0 fully saturated rings. The van der Waals surface area contributed by atoms with E-state index in [-0.39, 0.29) is 5.41 Å². The highest BCUT2D eigenvalue weighted by atomic mass is 32.1. The van der Waals surface area contributed by atoms with E-state index in [1.165, 1.54) is 4.88 Å². The maximum Gasteiger partial charge on any atom is 0.0795 e. The molecule has 0 aliphatic carbocycles. The van der Waals surface area contributed by atoms with Gasteiger partial charge in [-0.15, -0.1) is 22.7 Å². The Morgan fingerprint density at radius 2 is 2.29 bits per heavy atom. The molecule has 1 N–H and O–H groups in total. The fourth-order valence-electron chi connectivity index (χ4n) is 1.70. The zero-order valence-electron chi connectivity index (χ0n) is 10.4. The van der Waals surface area contributed by atoms with Crippen LogP contribution in [0.15, 0.2) is 28.4 Å². The second kappa shape index (κ2) is 5.29. The van der Waals surface area contributed by atoms with Crippen molar-refractivity contribution >= 4 is 22.7 Å². The molecule has 92 valence electrons. The first-order valence-electron chi connectivity index (χ1n) is 5.75. The molecule has 0 aliphatic heterocycles. The first kappa shape index (κ1) is 12.7. The fourth-order valence-corrected chi connectivity index (χ4v) is 3.20. The average Bonchev–Trinajstić information content (AvgIpc) is 2.97. The Balaban J connectivity index is 1.94. The maximum atomic E-state index is 4.34. The number of hydrogen-bond acceptors (Lipinski definition) is 4. The average molecular weight is 266 g/mol. The van der Waals surface area contributed by atoms with Crippen molar-refractivity contribution in [3.8, 4) is 0 Å². The molecule has 0 saturated carbocycles. The second-order valence-corrected chi connectivity index (χ2v) is 6.54. The molecule has 0 spiro atoms. The van der Waals surface area contributed by atoms with Crippen molar-refractivity contribution in [2.45, 2.75) is 32.2 Å². The van der Waals surface area contributed by atoms with Gasteiger partial charge in [-0.25, -0.2) is 4.98 Å². The normalized spacial score (nSPS) is 13.8. The first-order valence-corrected chi connectivity index (χ1v) is 7.57. The van der Waals surface area contributed by atoms with Crippen molar-refractivity contribution in [2.75, 3.05) is 6.54 Å². The Morgan fingerprint density at radius 3 is 2.88 bits per heavy atom. The third-order valence-corrected chi connectivity index (χ3v) is 4.77. The monoisotopic (exact) mass is 266 g/mol. The van der Waals surface area contributed by atoms with Crippen LogP contribution < -0.4 is 5.32 Å². The summed E-state index contributed by atoms with van der Waals surface area (Å²) in [6, 6.07) is 4.64. The molecule has 0 bridgehead atoms.